The van der Waals surface area contributed by atoms with Gasteiger partial charge in [0.25, 0.3) is 0 Å². The summed E-state index contributed by atoms with van der Waals surface area (Å²) in [5, 5.41) is 0. The third-order valence-electron chi connectivity index (χ3n) is 2.50. The van der Waals surface area contributed by atoms with E-state index in [2.05, 4.69) is 4.98 Å². The number of ketones is 2. The zero-order chi connectivity index (χ0) is 13.5. The first kappa shape index (κ1) is 14.0. The number of aromatic nitrogens is 1. The molecule has 0 aliphatic heterocycles. The minimum Gasteiger partial charge on any atom is -0.294 e. The second kappa shape index (κ2) is 6.64. The molecule has 0 aromatic carbocycles. The molecule has 1 aromatic rings. The van der Waals surface area contributed by atoms with E-state index in [4.69, 9.17) is 0 Å². The zero-order valence-electron chi connectivity index (χ0n) is 10.9. The van der Waals surface area contributed by atoms with Crippen molar-refractivity contribution in [3.8, 4) is 0 Å². The van der Waals surface area contributed by atoms with Gasteiger partial charge >= 0.3 is 0 Å². The molecule has 1 heterocycles. The van der Waals surface area contributed by atoms with Gasteiger partial charge in [0.05, 0.1) is 5.57 Å². The molecule has 1 aliphatic carbocycles. The van der Waals surface area contributed by atoms with Crippen molar-refractivity contribution >= 4 is 17.1 Å². The lowest BCUT2D eigenvalue weighted by atomic mass is 9.92. The van der Waals surface area contributed by atoms with Crippen LogP contribution in [0.5, 0.6) is 0 Å². The predicted octanol–water partition coefficient (Wildman–Crippen LogP) is 3.23. The Bertz CT molecular complexity index is 504. The quantitative estimate of drug-likeness (QED) is 0.751. The summed E-state index contributed by atoms with van der Waals surface area (Å²) in [5.74, 6) is -0.282. The van der Waals surface area contributed by atoms with Crippen LogP contribution in [0, 0.1) is 0 Å². The second-order valence-electron chi connectivity index (χ2n) is 3.64. The molecule has 18 heavy (non-hydrogen) atoms. The summed E-state index contributed by atoms with van der Waals surface area (Å²) in [4.78, 5) is 26.7. The third-order valence-corrected chi connectivity index (χ3v) is 2.50. The van der Waals surface area contributed by atoms with E-state index < -0.39 is 0 Å². The minimum atomic E-state index is -0.176. The molecule has 1 aliphatic rings. The van der Waals surface area contributed by atoms with E-state index in [9.17, 15) is 9.59 Å². The van der Waals surface area contributed by atoms with Gasteiger partial charge in [-0.3, -0.25) is 14.6 Å². The highest BCUT2D eigenvalue weighted by molar-refractivity contribution is 6.22. The van der Waals surface area contributed by atoms with Gasteiger partial charge in [-0.05, 0) is 36.3 Å². The van der Waals surface area contributed by atoms with Crippen LogP contribution >= 0.6 is 0 Å². The molecule has 0 amide bonds. The van der Waals surface area contributed by atoms with Crippen molar-refractivity contribution in [2.75, 3.05) is 0 Å². The predicted molar refractivity (Wildman–Crippen MR) is 74.1 cm³/mol. The first-order chi connectivity index (χ1) is 8.68. The van der Waals surface area contributed by atoms with Crippen molar-refractivity contribution in [1.29, 1.82) is 0 Å². The molecule has 0 atom stereocenters. The monoisotopic (exact) mass is 245 g/mol. The molecule has 0 bridgehead atoms. The molecule has 2 rings (SSSR count). The molecular weight excluding hydrogens is 226 g/mol. The number of Topliss-reactive ketones (excluding diaryl/α,β-unsaturated/α-hetero) is 2. The summed E-state index contributed by atoms with van der Waals surface area (Å²) in [5.41, 5.74) is 2.17. The summed E-state index contributed by atoms with van der Waals surface area (Å²) in [7, 11) is 0. The highest BCUT2D eigenvalue weighted by Gasteiger charge is 2.18. The largest absolute Gasteiger partial charge is 0.294 e. The molecule has 0 saturated heterocycles. The molecule has 1 aromatic heterocycles. The molecular formula is C15H19NO2. The van der Waals surface area contributed by atoms with Crippen molar-refractivity contribution in [3.05, 3.63) is 47.8 Å². The summed E-state index contributed by atoms with van der Waals surface area (Å²) in [6.45, 7) is 5.42. The maximum atomic E-state index is 11.5. The van der Waals surface area contributed by atoms with Gasteiger partial charge < -0.3 is 0 Å². The first-order valence-electron chi connectivity index (χ1n) is 6.05. The lowest BCUT2D eigenvalue weighted by molar-refractivity contribution is -0.120. The Morgan fingerprint density at radius 2 is 1.89 bits per heavy atom. The lowest BCUT2D eigenvalue weighted by Crippen LogP contribution is -2.12. The van der Waals surface area contributed by atoms with Gasteiger partial charge in [0.2, 0.25) is 0 Å². The number of nitrogens with zero attached hydrogens (tertiary/aromatic N) is 1. The first-order valence-corrected chi connectivity index (χ1v) is 6.05. The fourth-order valence-electron chi connectivity index (χ4n) is 1.65. The van der Waals surface area contributed by atoms with E-state index in [-0.39, 0.29) is 18.6 Å². The molecule has 3 nitrogen and oxygen atoms in total. The van der Waals surface area contributed by atoms with E-state index in [1.165, 1.54) is 6.92 Å². The second-order valence-corrected chi connectivity index (χ2v) is 3.64. The molecule has 0 fully saturated rings. The third kappa shape index (κ3) is 3.23. The molecule has 0 saturated carbocycles. The van der Waals surface area contributed by atoms with E-state index in [0.717, 1.165) is 11.1 Å². The van der Waals surface area contributed by atoms with Gasteiger partial charge in [-0.15, -0.1) is 0 Å². The van der Waals surface area contributed by atoms with Gasteiger partial charge in [-0.1, -0.05) is 19.9 Å². The van der Waals surface area contributed by atoms with Crippen LogP contribution in [0.2, 0.25) is 0 Å². The normalized spacial score (nSPS) is 14.1. The maximum absolute atomic E-state index is 11.5. The van der Waals surface area contributed by atoms with Crippen molar-refractivity contribution in [2.45, 2.75) is 27.2 Å². The fraction of sp³-hybridized carbons (Fsp3) is 0.267. The Hall–Kier alpha value is -2.03. The van der Waals surface area contributed by atoms with Gasteiger partial charge in [0.15, 0.2) is 11.6 Å². The van der Waals surface area contributed by atoms with E-state index in [1.807, 2.05) is 32.1 Å². The van der Waals surface area contributed by atoms with E-state index >= 15 is 0 Å². The average Bonchev–Trinajstić information content (AvgIpc) is 2.42. The molecule has 3 heteroatoms. The van der Waals surface area contributed by atoms with Crippen LogP contribution in [0.1, 0.15) is 34.2 Å². The smallest absolute Gasteiger partial charge is 0.170 e. The minimum absolute atomic E-state index is 0. The van der Waals surface area contributed by atoms with Crippen LogP contribution in [0.25, 0.3) is 5.57 Å². The summed E-state index contributed by atoms with van der Waals surface area (Å²) in [6.07, 6.45) is 7.17. The van der Waals surface area contributed by atoms with E-state index in [1.54, 1.807) is 18.5 Å². The number of hydrogen-bond donors (Lipinski definition) is 0. The highest BCUT2D eigenvalue weighted by atomic mass is 16.1. The maximum Gasteiger partial charge on any atom is 0.170 e. The van der Waals surface area contributed by atoms with Crippen LogP contribution in [0.15, 0.2) is 42.3 Å². The van der Waals surface area contributed by atoms with Crippen LogP contribution in [0.3, 0.4) is 0 Å². The highest BCUT2D eigenvalue weighted by Crippen LogP contribution is 2.23. The number of allylic oxidation sites excluding steroid dienone is 4. The Morgan fingerprint density at radius 1 is 1.28 bits per heavy atom. The molecule has 0 spiro atoms. The van der Waals surface area contributed by atoms with Crippen LogP contribution in [-0.2, 0) is 9.59 Å². The number of rotatable bonds is 2. The van der Waals surface area contributed by atoms with Crippen molar-refractivity contribution < 1.29 is 11.0 Å². The number of carbonyl (C=O) groups excluding carboxylic acids is 2. The number of hydrogen-bond acceptors (Lipinski definition) is 3. The molecule has 0 radical (unpaired) electrons. The molecule has 0 N–H and O–H groups in total. The Labute approximate surface area is 109 Å². The molecule has 0 unspecified atom stereocenters. The lowest BCUT2D eigenvalue weighted by Gasteiger charge is -2.10. The van der Waals surface area contributed by atoms with Crippen molar-refractivity contribution in [2.24, 2.45) is 0 Å². The zero-order valence-corrected chi connectivity index (χ0v) is 10.9. The fourth-order valence-corrected chi connectivity index (χ4v) is 1.65. The summed E-state index contributed by atoms with van der Waals surface area (Å²) in [6, 6.07) is 3.71. The van der Waals surface area contributed by atoms with Crippen molar-refractivity contribution in [1.82, 2.24) is 4.98 Å². The van der Waals surface area contributed by atoms with Gasteiger partial charge in [-0.25, -0.2) is 0 Å². The Morgan fingerprint density at radius 3 is 2.44 bits per heavy atom. The summed E-state index contributed by atoms with van der Waals surface area (Å²) < 4.78 is 0. The topological polar surface area (TPSA) is 47.0 Å². The van der Waals surface area contributed by atoms with Gasteiger partial charge in [-0.2, -0.15) is 0 Å². The van der Waals surface area contributed by atoms with Crippen LogP contribution in [0.4, 0.5) is 0 Å². The Kier molecular flexibility index (Phi) is 5.18. The summed E-state index contributed by atoms with van der Waals surface area (Å²) >= 11 is 0. The van der Waals surface area contributed by atoms with E-state index in [0.29, 0.717) is 6.42 Å². The standard InChI is InChI=1S/C13H11NO2.C2H6.H2/c1-9(15)12-8-11(2-3-13(12)16)10-4-6-14-7-5-10;1-2;/h2,4-8H,3H2,1H3;1-2H3;1H. The SMILES string of the molecule is CC.CC(=O)C1=CC(c2ccncc2)=CCC1=O.[HH]. The van der Waals surface area contributed by atoms with Crippen LogP contribution < -0.4 is 0 Å². The number of carbonyl (C=O) groups is 2. The average molecular weight is 245 g/mol. The van der Waals surface area contributed by atoms with Crippen molar-refractivity contribution in [3.63, 3.8) is 0 Å². The molecule has 96 valence electrons. The number of pyridine rings is 1. The van der Waals surface area contributed by atoms with Crippen LogP contribution in [-0.4, -0.2) is 16.6 Å². The Balaban J connectivity index is 0.00000103. The van der Waals surface area contributed by atoms with Gasteiger partial charge in [0.1, 0.15) is 0 Å². The van der Waals surface area contributed by atoms with Gasteiger partial charge in [0, 0.05) is 20.2 Å².